The number of hydrogen-bond acceptors (Lipinski definition) is 4. The minimum atomic E-state index is -0.262. The fourth-order valence-corrected chi connectivity index (χ4v) is 3.50. The lowest BCUT2D eigenvalue weighted by Crippen LogP contribution is -2.54. The van der Waals surface area contributed by atoms with Gasteiger partial charge in [-0.3, -0.25) is 15.0 Å². The van der Waals surface area contributed by atoms with Crippen LogP contribution in [-0.4, -0.2) is 42.0 Å². The van der Waals surface area contributed by atoms with E-state index in [0.29, 0.717) is 6.04 Å². The maximum atomic E-state index is 11.1. The molecule has 1 fully saturated rings. The van der Waals surface area contributed by atoms with Gasteiger partial charge in [0.1, 0.15) is 0 Å². The molecule has 0 N–H and O–H groups in total. The molecule has 1 aromatic carbocycles. The molecule has 1 saturated heterocycles. The Bertz CT molecular complexity index is 544. The first-order valence-corrected chi connectivity index (χ1v) is 7.37. The van der Waals surface area contributed by atoms with E-state index in [1.165, 1.54) is 5.56 Å². The Hall–Kier alpha value is -1.62. The Morgan fingerprint density at radius 3 is 2.90 bits per heavy atom. The highest BCUT2D eigenvalue weighted by atomic mass is 16.6. The number of piperazine rings is 1. The van der Waals surface area contributed by atoms with Crippen molar-refractivity contribution in [2.24, 2.45) is 0 Å². The molecule has 2 aliphatic heterocycles. The third kappa shape index (κ3) is 2.16. The van der Waals surface area contributed by atoms with E-state index in [1.54, 1.807) is 6.07 Å². The van der Waals surface area contributed by atoms with Crippen molar-refractivity contribution < 1.29 is 4.92 Å². The van der Waals surface area contributed by atoms with Crippen LogP contribution in [0, 0.1) is 17.0 Å². The van der Waals surface area contributed by atoms with Gasteiger partial charge in [0.05, 0.1) is 4.92 Å². The number of nitro benzene ring substituents is 1. The van der Waals surface area contributed by atoms with E-state index in [-0.39, 0.29) is 10.6 Å². The van der Waals surface area contributed by atoms with Crippen molar-refractivity contribution >= 4 is 11.4 Å². The van der Waals surface area contributed by atoms with Crippen molar-refractivity contribution in [1.29, 1.82) is 0 Å². The number of fused-ring (bicyclic) bond motifs is 3. The van der Waals surface area contributed by atoms with Gasteiger partial charge in [0, 0.05) is 43.0 Å². The zero-order chi connectivity index (χ0) is 14.3. The SMILES string of the molecule is CCN1CCN2c3cc([N+](=O)[O-])c(C)cc3CCC2C1. The van der Waals surface area contributed by atoms with Crippen LogP contribution in [0.25, 0.3) is 0 Å². The molecular formula is C15H21N3O2. The highest BCUT2D eigenvalue weighted by Crippen LogP contribution is 2.36. The van der Waals surface area contributed by atoms with Gasteiger partial charge in [-0.1, -0.05) is 6.92 Å². The van der Waals surface area contributed by atoms with Gasteiger partial charge in [-0.05, 0) is 37.9 Å². The lowest BCUT2D eigenvalue weighted by Gasteiger charge is -2.46. The minimum absolute atomic E-state index is 0.252. The van der Waals surface area contributed by atoms with Gasteiger partial charge in [-0.25, -0.2) is 0 Å². The summed E-state index contributed by atoms with van der Waals surface area (Å²) in [4.78, 5) is 15.7. The van der Waals surface area contributed by atoms with Gasteiger partial charge >= 0.3 is 0 Å². The van der Waals surface area contributed by atoms with Crippen LogP contribution in [0.1, 0.15) is 24.5 Å². The van der Waals surface area contributed by atoms with Gasteiger partial charge in [0.2, 0.25) is 0 Å². The summed E-state index contributed by atoms with van der Waals surface area (Å²) in [7, 11) is 0. The summed E-state index contributed by atoms with van der Waals surface area (Å²) in [5, 5.41) is 11.1. The van der Waals surface area contributed by atoms with E-state index in [1.807, 2.05) is 13.0 Å². The molecule has 5 heteroatoms. The molecule has 20 heavy (non-hydrogen) atoms. The second-order valence-electron chi connectivity index (χ2n) is 5.80. The molecule has 0 spiro atoms. The predicted molar refractivity (Wildman–Crippen MR) is 79.4 cm³/mol. The van der Waals surface area contributed by atoms with Crippen molar-refractivity contribution in [3.63, 3.8) is 0 Å². The summed E-state index contributed by atoms with van der Waals surface area (Å²) >= 11 is 0. The number of nitro groups is 1. The average Bonchev–Trinajstić information content (AvgIpc) is 2.45. The van der Waals surface area contributed by atoms with Crippen LogP contribution in [0.2, 0.25) is 0 Å². The monoisotopic (exact) mass is 275 g/mol. The highest BCUT2D eigenvalue weighted by molar-refractivity contribution is 5.64. The summed E-state index contributed by atoms with van der Waals surface area (Å²) in [6, 6.07) is 4.31. The van der Waals surface area contributed by atoms with E-state index in [4.69, 9.17) is 0 Å². The van der Waals surface area contributed by atoms with Gasteiger partial charge in [-0.15, -0.1) is 0 Å². The van der Waals surface area contributed by atoms with Crippen LogP contribution >= 0.6 is 0 Å². The summed E-state index contributed by atoms with van der Waals surface area (Å²) in [5.41, 5.74) is 3.39. The number of nitrogens with zero attached hydrogens (tertiary/aromatic N) is 3. The molecule has 108 valence electrons. The van der Waals surface area contributed by atoms with Gasteiger partial charge < -0.3 is 4.90 Å². The first kappa shape index (κ1) is 13.4. The van der Waals surface area contributed by atoms with Crippen molar-refractivity contribution in [1.82, 2.24) is 4.90 Å². The van der Waals surface area contributed by atoms with Crippen LogP contribution in [0.5, 0.6) is 0 Å². The number of anilines is 1. The third-order valence-electron chi connectivity index (χ3n) is 4.66. The van der Waals surface area contributed by atoms with Crippen molar-refractivity contribution in [3.8, 4) is 0 Å². The largest absolute Gasteiger partial charge is 0.366 e. The Balaban J connectivity index is 1.96. The Morgan fingerprint density at radius 1 is 1.40 bits per heavy atom. The van der Waals surface area contributed by atoms with Crippen molar-refractivity contribution in [3.05, 3.63) is 33.4 Å². The lowest BCUT2D eigenvalue weighted by molar-refractivity contribution is -0.385. The highest BCUT2D eigenvalue weighted by Gasteiger charge is 2.32. The molecule has 1 aromatic rings. The number of likely N-dealkylation sites (N-methyl/N-ethyl adjacent to an activating group) is 1. The van der Waals surface area contributed by atoms with Crippen LogP contribution in [-0.2, 0) is 6.42 Å². The Morgan fingerprint density at radius 2 is 2.20 bits per heavy atom. The van der Waals surface area contributed by atoms with E-state index in [9.17, 15) is 10.1 Å². The summed E-state index contributed by atoms with van der Waals surface area (Å²) in [5.74, 6) is 0. The van der Waals surface area contributed by atoms with Crippen molar-refractivity contribution in [2.75, 3.05) is 31.1 Å². The zero-order valence-corrected chi connectivity index (χ0v) is 12.1. The van der Waals surface area contributed by atoms with Gasteiger partial charge in [0.15, 0.2) is 0 Å². The van der Waals surface area contributed by atoms with E-state index in [2.05, 4.69) is 16.7 Å². The second kappa shape index (κ2) is 5.05. The molecule has 3 rings (SSSR count). The zero-order valence-electron chi connectivity index (χ0n) is 12.1. The lowest BCUT2D eigenvalue weighted by atomic mass is 9.92. The minimum Gasteiger partial charge on any atom is -0.366 e. The maximum absolute atomic E-state index is 11.1. The second-order valence-corrected chi connectivity index (χ2v) is 5.80. The molecule has 0 aliphatic carbocycles. The number of benzene rings is 1. The number of aryl methyl sites for hydroxylation is 2. The standard InChI is InChI=1S/C15H21N3O2/c1-3-16-6-7-17-13(10-16)5-4-12-8-11(2)14(18(19)20)9-15(12)17/h8-9,13H,3-7,10H2,1-2H3. The number of hydrogen-bond donors (Lipinski definition) is 0. The molecule has 0 amide bonds. The molecule has 0 saturated carbocycles. The first-order chi connectivity index (χ1) is 9.60. The maximum Gasteiger partial charge on any atom is 0.274 e. The smallest absolute Gasteiger partial charge is 0.274 e. The molecular weight excluding hydrogens is 254 g/mol. The average molecular weight is 275 g/mol. The molecule has 2 heterocycles. The quantitative estimate of drug-likeness (QED) is 0.614. The van der Waals surface area contributed by atoms with Crippen LogP contribution < -0.4 is 4.90 Å². The van der Waals surface area contributed by atoms with Crippen LogP contribution in [0.3, 0.4) is 0 Å². The van der Waals surface area contributed by atoms with Gasteiger partial charge in [0.25, 0.3) is 5.69 Å². The molecule has 1 atom stereocenters. The fourth-order valence-electron chi connectivity index (χ4n) is 3.50. The summed E-state index contributed by atoms with van der Waals surface area (Å²) < 4.78 is 0. The van der Waals surface area contributed by atoms with E-state index in [0.717, 1.165) is 50.3 Å². The predicted octanol–water partition coefficient (Wildman–Crippen LogP) is 2.36. The molecule has 2 aliphatic rings. The summed E-state index contributed by atoms with van der Waals surface area (Å²) in [6.45, 7) is 8.23. The third-order valence-corrected chi connectivity index (χ3v) is 4.66. The first-order valence-electron chi connectivity index (χ1n) is 7.37. The summed E-state index contributed by atoms with van der Waals surface area (Å²) in [6.07, 6.45) is 2.19. The van der Waals surface area contributed by atoms with Crippen LogP contribution in [0.15, 0.2) is 12.1 Å². The molecule has 0 radical (unpaired) electrons. The number of rotatable bonds is 2. The molecule has 5 nitrogen and oxygen atoms in total. The molecule has 0 bridgehead atoms. The Labute approximate surface area is 119 Å². The topological polar surface area (TPSA) is 49.6 Å². The molecule has 0 aromatic heterocycles. The molecule has 1 unspecified atom stereocenters. The Kier molecular flexibility index (Phi) is 3.38. The normalized spacial score (nSPS) is 22.3. The fraction of sp³-hybridized carbons (Fsp3) is 0.600. The van der Waals surface area contributed by atoms with Crippen molar-refractivity contribution in [2.45, 2.75) is 32.7 Å². The van der Waals surface area contributed by atoms with E-state index >= 15 is 0 Å². The van der Waals surface area contributed by atoms with E-state index < -0.39 is 0 Å². The van der Waals surface area contributed by atoms with Crippen LogP contribution in [0.4, 0.5) is 11.4 Å². The van der Waals surface area contributed by atoms with Gasteiger partial charge in [-0.2, -0.15) is 0 Å².